The molecule has 1 aromatic carbocycles. The maximum Gasteiger partial charge on any atom is 0.226 e. The zero-order valence-electron chi connectivity index (χ0n) is 12.8. The minimum absolute atomic E-state index is 0.169. The van der Waals surface area contributed by atoms with Crippen LogP contribution in [0.2, 0.25) is 0 Å². The third-order valence-corrected chi connectivity index (χ3v) is 3.29. The standard InChI is InChI=1S/C15H21N3O3/c1-5-15-17-14(18-21-15)9-20-13-8-11(19-4)6-7-12(13)10(2)16-3/h6-8,10,16H,5,9H2,1-4H3. The number of aromatic nitrogens is 2. The van der Waals surface area contributed by atoms with Gasteiger partial charge in [-0.25, -0.2) is 0 Å². The Balaban J connectivity index is 2.16. The fourth-order valence-corrected chi connectivity index (χ4v) is 1.91. The summed E-state index contributed by atoms with van der Waals surface area (Å²) < 4.78 is 16.2. The van der Waals surface area contributed by atoms with Gasteiger partial charge in [-0.15, -0.1) is 0 Å². The third kappa shape index (κ3) is 3.72. The van der Waals surface area contributed by atoms with Gasteiger partial charge >= 0.3 is 0 Å². The van der Waals surface area contributed by atoms with Crippen LogP contribution in [0, 0.1) is 0 Å². The Hall–Kier alpha value is -2.08. The van der Waals surface area contributed by atoms with Crippen LogP contribution in [-0.2, 0) is 13.0 Å². The lowest BCUT2D eigenvalue weighted by atomic mass is 10.1. The van der Waals surface area contributed by atoms with Crippen molar-refractivity contribution in [3.05, 3.63) is 35.5 Å². The summed E-state index contributed by atoms with van der Waals surface area (Å²) >= 11 is 0. The van der Waals surface area contributed by atoms with Gasteiger partial charge in [-0.05, 0) is 20.0 Å². The molecule has 1 heterocycles. The van der Waals surface area contributed by atoms with Crippen LogP contribution in [0.3, 0.4) is 0 Å². The van der Waals surface area contributed by atoms with Gasteiger partial charge in [-0.1, -0.05) is 18.1 Å². The lowest BCUT2D eigenvalue weighted by molar-refractivity contribution is 0.279. The van der Waals surface area contributed by atoms with Crippen LogP contribution < -0.4 is 14.8 Å². The quantitative estimate of drug-likeness (QED) is 0.845. The molecule has 0 bridgehead atoms. The van der Waals surface area contributed by atoms with Gasteiger partial charge in [-0.3, -0.25) is 0 Å². The number of methoxy groups -OCH3 is 1. The lowest BCUT2D eigenvalue weighted by Crippen LogP contribution is -2.14. The summed E-state index contributed by atoms with van der Waals surface area (Å²) in [5.41, 5.74) is 1.05. The lowest BCUT2D eigenvalue weighted by Gasteiger charge is -2.16. The molecule has 0 fully saturated rings. The van der Waals surface area contributed by atoms with E-state index in [-0.39, 0.29) is 12.6 Å². The van der Waals surface area contributed by atoms with E-state index in [1.807, 2.05) is 32.2 Å². The van der Waals surface area contributed by atoms with Gasteiger partial charge in [0.15, 0.2) is 6.61 Å². The van der Waals surface area contributed by atoms with E-state index in [1.165, 1.54) is 0 Å². The number of hydrogen-bond donors (Lipinski definition) is 1. The number of aryl methyl sites for hydroxylation is 1. The molecule has 0 radical (unpaired) electrons. The van der Waals surface area contributed by atoms with Crippen LogP contribution in [0.1, 0.15) is 37.2 Å². The Morgan fingerprint density at radius 1 is 1.38 bits per heavy atom. The van der Waals surface area contributed by atoms with E-state index in [1.54, 1.807) is 7.11 Å². The molecule has 0 saturated heterocycles. The first-order valence-electron chi connectivity index (χ1n) is 6.97. The van der Waals surface area contributed by atoms with Crippen molar-refractivity contribution in [2.75, 3.05) is 14.2 Å². The van der Waals surface area contributed by atoms with E-state index in [0.717, 1.165) is 17.1 Å². The van der Waals surface area contributed by atoms with Gasteiger partial charge in [0.05, 0.1) is 7.11 Å². The number of nitrogens with zero attached hydrogens (tertiary/aromatic N) is 2. The first-order valence-corrected chi connectivity index (χ1v) is 6.97. The molecular formula is C15H21N3O3. The first kappa shape index (κ1) is 15.3. The summed E-state index contributed by atoms with van der Waals surface area (Å²) in [6.07, 6.45) is 0.716. The fraction of sp³-hybridized carbons (Fsp3) is 0.467. The molecule has 0 amide bonds. The SMILES string of the molecule is CCc1nc(COc2cc(OC)ccc2C(C)NC)no1. The van der Waals surface area contributed by atoms with Crippen LogP contribution >= 0.6 is 0 Å². The van der Waals surface area contributed by atoms with Crippen molar-refractivity contribution in [3.8, 4) is 11.5 Å². The summed E-state index contributed by atoms with van der Waals surface area (Å²) in [6.45, 7) is 4.30. The summed E-state index contributed by atoms with van der Waals surface area (Å²) in [7, 11) is 3.54. The number of hydrogen-bond acceptors (Lipinski definition) is 6. The van der Waals surface area contributed by atoms with Crippen LogP contribution in [0.25, 0.3) is 0 Å². The van der Waals surface area contributed by atoms with Gasteiger partial charge in [0, 0.05) is 24.1 Å². The summed E-state index contributed by atoms with van der Waals surface area (Å²) in [6, 6.07) is 5.94. The Kier molecular flexibility index (Phi) is 5.16. The Morgan fingerprint density at radius 3 is 2.81 bits per heavy atom. The molecule has 0 aliphatic heterocycles. The average Bonchev–Trinajstić information content (AvgIpc) is 3.00. The van der Waals surface area contributed by atoms with E-state index in [9.17, 15) is 0 Å². The molecular weight excluding hydrogens is 270 g/mol. The molecule has 1 N–H and O–H groups in total. The molecule has 6 heteroatoms. The molecule has 0 aliphatic rings. The van der Waals surface area contributed by atoms with Crippen molar-refractivity contribution in [2.45, 2.75) is 32.9 Å². The highest BCUT2D eigenvalue weighted by molar-refractivity contribution is 5.42. The van der Waals surface area contributed by atoms with Gasteiger partial charge < -0.3 is 19.3 Å². The summed E-state index contributed by atoms with van der Waals surface area (Å²) in [5.74, 6) is 2.65. The highest BCUT2D eigenvalue weighted by atomic mass is 16.5. The fourth-order valence-electron chi connectivity index (χ4n) is 1.91. The molecule has 1 aromatic heterocycles. The maximum atomic E-state index is 5.84. The first-order chi connectivity index (χ1) is 10.2. The molecule has 0 spiro atoms. The Labute approximate surface area is 124 Å². The molecule has 2 aromatic rings. The highest BCUT2D eigenvalue weighted by Crippen LogP contribution is 2.29. The average molecular weight is 291 g/mol. The second kappa shape index (κ2) is 7.08. The number of benzene rings is 1. The molecule has 6 nitrogen and oxygen atoms in total. The highest BCUT2D eigenvalue weighted by Gasteiger charge is 2.13. The second-order valence-electron chi connectivity index (χ2n) is 4.66. The predicted octanol–water partition coefficient (Wildman–Crippen LogP) is 2.50. The molecule has 114 valence electrons. The van der Waals surface area contributed by atoms with E-state index >= 15 is 0 Å². The van der Waals surface area contributed by atoms with Crippen molar-refractivity contribution >= 4 is 0 Å². The smallest absolute Gasteiger partial charge is 0.226 e. The van der Waals surface area contributed by atoms with Gasteiger partial charge in [0.1, 0.15) is 11.5 Å². The van der Waals surface area contributed by atoms with Crippen molar-refractivity contribution in [3.63, 3.8) is 0 Å². The monoisotopic (exact) mass is 291 g/mol. The topological polar surface area (TPSA) is 69.4 Å². The van der Waals surface area contributed by atoms with Crippen molar-refractivity contribution in [1.82, 2.24) is 15.5 Å². The largest absolute Gasteiger partial charge is 0.497 e. The number of rotatable bonds is 7. The van der Waals surface area contributed by atoms with Crippen molar-refractivity contribution < 1.29 is 14.0 Å². The molecule has 2 rings (SSSR count). The predicted molar refractivity (Wildman–Crippen MR) is 78.5 cm³/mol. The molecule has 21 heavy (non-hydrogen) atoms. The van der Waals surface area contributed by atoms with Crippen LogP contribution in [0.4, 0.5) is 0 Å². The van der Waals surface area contributed by atoms with Gasteiger partial charge in [-0.2, -0.15) is 4.98 Å². The van der Waals surface area contributed by atoms with Gasteiger partial charge in [0.2, 0.25) is 11.7 Å². The van der Waals surface area contributed by atoms with E-state index in [4.69, 9.17) is 14.0 Å². The minimum atomic E-state index is 0.169. The van der Waals surface area contributed by atoms with E-state index in [0.29, 0.717) is 18.1 Å². The summed E-state index contributed by atoms with van der Waals surface area (Å²) in [5, 5.41) is 7.08. The zero-order valence-corrected chi connectivity index (χ0v) is 12.8. The minimum Gasteiger partial charge on any atom is -0.497 e. The Morgan fingerprint density at radius 2 is 2.19 bits per heavy atom. The van der Waals surface area contributed by atoms with Gasteiger partial charge in [0.25, 0.3) is 0 Å². The van der Waals surface area contributed by atoms with E-state index in [2.05, 4.69) is 22.4 Å². The van der Waals surface area contributed by atoms with Crippen LogP contribution in [0.5, 0.6) is 11.5 Å². The Bertz CT molecular complexity index is 583. The second-order valence-corrected chi connectivity index (χ2v) is 4.66. The zero-order chi connectivity index (χ0) is 15.2. The third-order valence-electron chi connectivity index (χ3n) is 3.29. The number of nitrogens with one attached hydrogen (secondary N) is 1. The molecule has 0 aliphatic carbocycles. The summed E-state index contributed by atoms with van der Waals surface area (Å²) in [4.78, 5) is 4.23. The van der Waals surface area contributed by atoms with E-state index < -0.39 is 0 Å². The maximum absolute atomic E-state index is 5.84. The molecule has 0 saturated carbocycles. The van der Waals surface area contributed by atoms with Crippen molar-refractivity contribution in [1.29, 1.82) is 0 Å². The normalized spacial score (nSPS) is 12.2. The van der Waals surface area contributed by atoms with Crippen LogP contribution in [-0.4, -0.2) is 24.3 Å². The molecule has 1 unspecified atom stereocenters. The number of ether oxygens (including phenoxy) is 2. The van der Waals surface area contributed by atoms with Crippen LogP contribution in [0.15, 0.2) is 22.7 Å². The molecule has 1 atom stereocenters. The van der Waals surface area contributed by atoms with Crippen molar-refractivity contribution in [2.24, 2.45) is 0 Å².